The Morgan fingerprint density at radius 2 is 1.84 bits per heavy atom. The molecule has 1 N–H and O–H groups in total. The van der Waals surface area contributed by atoms with Gasteiger partial charge in [-0.3, -0.25) is 0 Å². The first-order valence-electron chi connectivity index (χ1n) is 8.15. The SMILES string of the molecule is CC1OCCC1(C)NC1CCOC2(CCCCC2)C1. The van der Waals surface area contributed by atoms with E-state index in [1.165, 1.54) is 38.5 Å². The first-order chi connectivity index (χ1) is 9.12. The van der Waals surface area contributed by atoms with Crippen molar-refractivity contribution in [3.8, 4) is 0 Å². The Balaban J connectivity index is 1.62. The van der Waals surface area contributed by atoms with Gasteiger partial charge in [0.25, 0.3) is 0 Å². The second-order valence-corrected chi connectivity index (χ2v) is 7.11. The van der Waals surface area contributed by atoms with Gasteiger partial charge in [0.15, 0.2) is 0 Å². The average Bonchev–Trinajstić information content (AvgIpc) is 2.70. The molecule has 0 aromatic carbocycles. The average molecular weight is 267 g/mol. The van der Waals surface area contributed by atoms with Crippen LogP contribution < -0.4 is 5.32 Å². The normalized spacial score (nSPS) is 42.6. The molecule has 0 aromatic heterocycles. The fourth-order valence-electron chi connectivity index (χ4n) is 4.19. The lowest BCUT2D eigenvalue weighted by molar-refractivity contribution is -0.112. The van der Waals surface area contributed by atoms with E-state index >= 15 is 0 Å². The molecular weight excluding hydrogens is 238 g/mol. The van der Waals surface area contributed by atoms with E-state index in [0.29, 0.717) is 12.1 Å². The lowest BCUT2D eigenvalue weighted by atomic mass is 9.77. The number of ether oxygens (including phenoxy) is 2. The Hall–Kier alpha value is -0.120. The number of rotatable bonds is 2. The molecule has 110 valence electrons. The van der Waals surface area contributed by atoms with Crippen LogP contribution in [-0.4, -0.2) is 36.5 Å². The van der Waals surface area contributed by atoms with Crippen LogP contribution >= 0.6 is 0 Å². The predicted molar refractivity (Wildman–Crippen MR) is 76.4 cm³/mol. The van der Waals surface area contributed by atoms with Crippen LogP contribution in [0.5, 0.6) is 0 Å². The molecule has 3 heteroatoms. The molecule has 2 aliphatic heterocycles. The highest BCUT2D eigenvalue weighted by molar-refractivity contribution is 4.99. The molecule has 1 saturated carbocycles. The third-order valence-electron chi connectivity index (χ3n) is 5.68. The molecule has 0 aromatic rings. The summed E-state index contributed by atoms with van der Waals surface area (Å²) >= 11 is 0. The van der Waals surface area contributed by atoms with Gasteiger partial charge < -0.3 is 14.8 Å². The van der Waals surface area contributed by atoms with Crippen molar-refractivity contribution in [2.45, 2.75) is 88.5 Å². The van der Waals surface area contributed by atoms with Gasteiger partial charge >= 0.3 is 0 Å². The maximum atomic E-state index is 6.19. The van der Waals surface area contributed by atoms with Gasteiger partial charge in [-0.05, 0) is 46.0 Å². The lowest BCUT2D eigenvalue weighted by Crippen LogP contribution is -2.57. The second-order valence-electron chi connectivity index (χ2n) is 7.11. The largest absolute Gasteiger partial charge is 0.377 e. The van der Waals surface area contributed by atoms with Crippen molar-refractivity contribution < 1.29 is 9.47 Å². The Morgan fingerprint density at radius 3 is 2.53 bits per heavy atom. The summed E-state index contributed by atoms with van der Waals surface area (Å²) in [7, 11) is 0. The summed E-state index contributed by atoms with van der Waals surface area (Å²) in [5.74, 6) is 0. The molecule has 19 heavy (non-hydrogen) atoms. The highest BCUT2D eigenvalue weighted by Crippen LogP contribution is 2.39. The summed E-state index contributed by atoms with van der Waals surface area (Å²) in [5.41, 5.74) is 0.366. The standard InChI is InChI=1S/C16H29NO2/c1-13-15(2,9-11-18-13)17-14-6-10-19-16(12-14)7-4-3-5-8-16/h13-14,17H,3-12H2,1-2H3. The van der Waals surface area contributed by atoms with E-state index in [1.807, 2.05) is 0 Å². The molecule has 0 bridgehead atoms. The minimum atomic E-state index is 0.165. The second kappa shape index (κ2) is 5.34. The van der Waals surface area contributed by atoms with E-state index in [4.69, 9.17) is 9.47 Å². The van der Waals surface area contributed by atoms with E-state index in [1.54, 1.807) is 0 Å². The van der Waals surface area contributed by atoms with Crippen molar-refractivity contribution in [3.63, 3.8) is 0 Å². The van der Waals surface area contributed by atoms with Crippen LogP contribution in [0.25, 0.3) is 0 Å². The van der Waals surface area contributed by atoms with Crippen LogP contribution in [0.15, 0.2) is 0 Å². The van der Waals surface area contributed by atoms with E-state index < -0.39 is 0 Å². The number of hydrogen-bond acceptors (Lipinski definition) is 3. The zero-order valence-corrected chi connectivity index (χ0v) is 12.5. The van der Waals surface area contributed by atoms with Gasteiger partial charge in [0.1, 0.15) is 0 Å². The van der Waals surface area contributed by atoms with Gasteiger partial charge in [0, 0.05) is 24.8 Å². The molecule has 0 amide bonds. The Labute approximate surface area is 117 Å². The Morgan fingerprint density at radius 1 is 1.05 bits per heavy atom. The third-order valence-corrected chi connectivity index (χ3v) is 5.68. The first-order valence-corrected chi connectivity index (χ1v) is 8.15. The van der Waals surface area contributed by atoms with Crippen LogP contribution in [-0.2, 0) is 9.47 Å². The van der Waals surface area contributed by atoms with Gasteiger partial charge in [-0.15, -0.1) is 0 Å². The Bertz CT molecular complexity index is 308. The quantitative estimate of drug-likeness (QED) is 0.834. The van der Waals surface area contributed by atoms with Gasteiger partial charge in [0.05, 0.1) is 11.7 Å². The van der Waals surface area contributed by atoms with Crippen LogP contribution in [0, 0.1) is 0 Å². The zero-order chi connectivity index (χ0) is 13.3. The topological polar surface area (TPSA) is 30.5 Å². The molecule has 2 heterocycles. The maximum Gasteiger partial charge on any atom is 0.0726 e. The molecule has 3 fully saturated rings. The molecule has 3 nitrogen and oxygen atoms in total. The molecule has 0 radical (unpaired) electrons. The van der Waals surface area contributed by atoms with Gasteiger partial charge in [-0.25, -0.2) is 0 Å². The molecule has 2 saturated heterocycles. The van der Waals surface area contributed by atoms with Crippen molar-refractivity contribution in [2.24, 2.45) is 0 Å². The summed E-state index contributed by atoms with van der Waals surface area (Å²) in [6.07, 6.45) is 10.5. The summed E-state index contributed by atoms with van der Waals surface area (Å²) in [6, 6.07) is 0.612. The monoisotopic (exact) mass is 267 g/mol. The van der Waals surface area contributed by atoms with Crippen molar-refractivity contribution in [2.75, 3.05) is 13.2 Å². The molecule has 1 spiro atoms. The number of hydrogen-bond donors (Lipinski definition) is 1. The van der Waals surface area contributed by atoms with Crippen molar-refractivity contribution >= 4 is 0 Å². The maximum absolute atomic E-state index is 6.19. The molecule has 1 aliphatic carbocycles. The summed E-state index contributed by atoms with van der Waals surface area (Å²) in [6.45, 7) is 6.37. The highest BCUT2D eigenvalue weighted by Gasteiger charge is 2.43. The van der Waals surface area contributed by atoms with Crippen molar-refractivity contribution in [3.05, 3.63) is 0 Å². The molecule has 3 aliphatic rings. The molecule has 3 atom stereocenters. The molecule has 3 rings (SSSR count). The summed E-state index contributed by atoms with van der Waals surface area (Å²) in [5, 5.41) is 3.91. The fourth-order valence-corrected chi connectivity index (χ4v) is 4.19. The molecule has 3 unspecified atom stereocenters. The first kappa shape index (κ1) is 13.8. The predicted octanol–water partition coefficient (Wildman–Crippen LogP) is 3.03. The van der Waals surface area contributed by atoms with Gasteiger partial charge in [0.2, 0.25) is 0 Å². The van der Waals surface area contributed by atoms with Crippen molar-refractivity contribution in [1.82, 2.24) is 5.32 Å². The smallest absolute Gasteiger partial charge is 0.0726 e. The van der Waals surface area contributed by atoms with E-state index in [0.717, 1.165) is 26.1 Å². The third kappa shape index (κ3) is 2.84. The van der Waals surface area contributed by atoms with Gasteiger partial charge in [-0.1, -0.05) is 19.3 Å². The van der Waals surface area contributed by atoms with E-state index in [9.17, 15) is 0 Å². The molecular formula is C16H29NO2. The minimum Gasteiger partial charge on any atom is -0.377 e. The van der Waals surface area contributed by atoms with Crippen LogP contribution in [0.1, 0.15) is 65.2 Å². The fraction of sp³-hybridized carbons (Fsp3) is 1.00. The van der Waals surface area contributed by atoms with Crippen LogP contribution in [0.2, 0.25) is 0 Å². The lowest BCUT2D eigenvalue weighted by Gasteiger charge is -2.46. The number of nitrogens with one attached hydrogen (secondary N) is 1. The summed E-state index contributed by atoms with van der Waals surface area (Å²) < 4.78 is 11.9. The van der Waals surface area contributed by atoms with Crippen LogP contribution in [0.3, 0.4) is 0 Å². The van der Waals surface area contributed by atoms with Crippen molar-refractivity contribution in [1.29, 1.82) is 0 Å². The highest BCUT2D eigenvalue weighted by atomic mass is 16.5. The van der Waals surface area contributed by atoms with Crippen LogP contribution in [0.4, 0.5) is 0 Å². The minimum absolute atomic E-state index is 0.165. The summed E-state index contributed by atoms with van der Waals surface area (Å²) in [4.78, 5) is 0. The van der Waals surface area contributed by atoms with E-state index in [-0.39, 0.29) is 11.1 Å². The Kier molecular flexibility index (Phi) is 3.89. The zero-order valence-electron chi connectivity index (χ0n) is 12.5. The van der Waals surface area contributed by atoms with Gasteiger partial charge in [-0.2, -0.15) is 0 Å². The van der Waals surface area contributed by atoms with E-state index in [2.05, 4.69) is 19.2 Å².